The van der Waals surface area contributed by atoms with Gasteiger partial charge in [-0.25, -0.2) is 9.37 Å². The van der Waals surface area contributed by atoms with Crippen LogP contribution in [0.15, 0.2) is 46.9 Å². The molecule has 1 unspecified atom stereocenters. The molecule has 0 aliphatic rings. The molecule has 0 fully saturated rings. The van der Waals surface area contributed by atoms with E-state index < -0.39 is 0 Å². The largest absolute Gasteiger partial charge is 0.369 e. The second-order valence-electron chi connectivity index (χ2n) is 4.68. The third-order valence-corrected chi connectivity index (χ3v) is 4.04. The van der Waals surface area contributed by atoms with Crippen molar-refractivity contribution >= 4 is 32.9 Å². The Morgan fingerprint density at radius 2 is 1.95 bits per heavy atom. The maximum atomic E-state index is 13.8. The topological polar surface area (TPSA) is 43.8 Å². The lowest BCUT2D eigenvalue weighted by Gasteiger charge is -2.16. The number of nitrogens with two attached hydrogens (primary N) is 1. The summed E-state index contributed by atoms with van der Waals surface area (Å²) in [6.45, 7) is 2.02. The fourth-order valence-corrected chi connectivity index (χ4v) is 2.73. The Morgan fingerprint density at radius 1 is 1.25 bits per heavy atom. The van der Waals surface area contributed by atoms with Gasteiger partial charge in [0, 0.05) is 6.07 Å². The summed E-state index contributed by atoms with van der Waals surface area (Å²) in [5.74, 6) is 0.0627. The lowest BCUT2D eigenvalue weighted by Crippen LogP contribution is -2.10. The maximum Gasteiger partial charge on any atom is 0.201 e. The summed E-state index contributed by atoms with van der Waals surface area (Å²) in [4.78, 5) is 4.31. The van der Waals surface area contributed by atoms with Crippen molar-refractivity contribution in [2.75, 3.05) is 5.73 Å². The minimum atomic E-state index is -0.320. The van der Waals surface area contributed by atoms with Crippen molar-refractivity contribution < 1.29 is 4.39 Å². The molecule has 0 bridgehead atoms. The van der Waals surface area contributed by atoms with Gasteiger partial charge in [-0.2, -0.15) is 0 Å². The first-order valence-corrected chi connectivity index (χ1v) is 7.04. The average Bonchev–Trinajstić information content (AvgIpc) is 2.75. The molecule has 1 heterocycles. The van der Waals surface area contributed by atoms with E-state index in [1.165, 1.54) is 6.07 Å². The molecular weight excluding hydrogens is 321 g/mol. The molecule has 3 nitrogen and oxygen atoms in total. The van der Waals surface area contributed by atoms with Gasteiger partial charge in [0.1, 0.15) is 5.82 Å². The third kappa shape index (κ3) is 2.08. The molecule has 0 radical (unpaired) electrons. The highest BCUT2D eigenvalue weighted by molar-refractivity contribution is 9.10. The van der Waals surface area contributed by atoms with E-state index in [2.05, 4.69) is 20.9 Å². The van der Waals surface area contributed by atoms with Gasteiger partial charge in [-0.15, -0.1) is 0 Å². The second kappa shape index (κ2) is 4.90. The van der Waals surface area contributed by atoms with Crippen molar-refractivity contribution in [3.8, 4) is 0 Å². The van der Waals surface area contributed by atoms with E-state index in [4.69, 9.17) is 5.73 Å². The van der Waals surface area contributed by atoms with Crippen molar-refractivity contribution in [2.45, 2.75) is 13.0 Å². The number of fused-ring (bicyclic) bond motifs is 1. The molecule has 0 spiro atoms. The normalized spacial score (nSPS) is 12.8. The van der Waals surface area contributed by atoms with Crippen LogP contribution in [0, 0.1) is 5.82 Å². The minimum absolute atomic E-state index is 0.0122. The molecule has 2 N–H and O–H groups in total. The van der Waals surface area contributed by atoms with Gasteiger partial charge in [0.15, 0.2) is 0 Å². The van der Waals surface area contributed by atoms with Crippen molar-refractivity contribution in [3.05, 3.63) is 58.3 Å². The van der Waals surface area contributed by atoms with Crippen LogP contribution < -0.4 is 5.73 Å². The number of benzene rings is 2. The van der Waals surface area contributed by atoms with E-state index in [-0.39, 0.29) is 11.9 Å². The summed E-state index contributed by atoms with van der Waals surface area (Å²) in [7, 11) is 0. The molecule has 1 aromatic heterocycles. The minimum Gasteiger partial charge on any atom is -0.369 e. The van der Waals surface area contributed by atoms with Crippen LogP contribution in [0.4, 0.5) is 10.3 Å². The fraction of sp³-hybridized carbons (Fsp3) is 0.133. The van der Waals surface area contributed by atoms with Crippen LogP contribution >= 0.6 is 15.9 Å². The van der Waals surface area contributed by atoms with Crippen LogP contribution in [0.3, 0.4) is 0 Å². The Hall–Kier alpha value is -1.88. The molecule has 0 amide bonds. The highest BCUT2D eigenvalue weighted by Crippen LogP contribution is 2.30. The Labute approximate surface area is 124 Å². The average molecular weight is 334 g/mol. The van der Waals surface area contributed by atoms with E-state index in [1.54, 1.807) is 6.07 Å². The van der Waals surface area contributed by atoms with E-state index in [0.29, 0.717) is 21.5 Å². The number of imidazole rings is 1. The van der Waals surface area contributed by atoms with E-state index in [0.717, 1.165) is 5.56 Å². The fourth-order valence-electron chi connectivity index (χ4n) is 2.40. The number of hydrogen-bond donors (Lipinski definition) is 1. The van der Waals surface area contributed by atoms with Crippen LogP contribution in [0.1, 0.15) is 18.5 Å². The van der Waals surface area contributed by atoms with Crippen molar-refractivity contribution in [1.29, 1.82) is 0 Å². The zero-order valence-electron chi connectivity index (χ0n) is 10.8. The van der Waals surface area contributed by atoms with E-state index in [1.807, 2.05) is 41.8 Å². The summed E-state index contributed by atoms with van der Waals surface area (Å²) >= 11 is 3.17. The van der Waals surface area contributed by atoms with Crippen molar-refractivity contribution in [1.82, 2.24) is 9.55 Å². The second-order valence-corrected chi connectivity index (χ2v) is 5.54. The molecule has 5 heteroatoms. The molecule has 3 aromatic rings. The van der Waals surface area contributed by atoms with Gasteiger partial charge < -0.3 is 10.3 Å². The molecule has 0 aliphatic carbocycles. The molecule has 0 aliphatic heterocycles. The van der Waals surface area contributed by atoms with Crippen LogP contribution in [-0.2, 0) is 0 Å². The van der Waals surface area contributed by atoms with Crippen LogP contribution in [-0.4, -0.2) is 9.55 Å². The maximum absolute atomic E-state index is 13.8. The summed E-state index contributed by atoms with van der Waals surface area (Å²) < 4.78 is 16.0. The number of nitrogen functional groups attached to an aromatic ring is 1. The predicted molar refractivity (Wildman–Crippen MR) is 82.1 cm³/mol. The first kappa shape index (κ1) is 13.1. The summed E-state index contributed by atoms with van der Waals surface area (Å²) in [5, 5.41) is 0. The quantitative estimate of drug-likeness (QED) is 0.766. The van der Waals surface area contributed by atoms with Gasteiger partial charge in [-0.05, 0) is 34.5 Å². The first-order chi connectivity index (χ1) is 9.58. The van der Waals surface area contributed by atoms with Crippen LogP contribution in [0.5, 0.6) is 0 Å². The van der Waals surface area contributed by atoms with Gasteiger partial charge in [0.25, 0.3) is 0 Å². The van der Waals surface area contributed by atoms with Gasteiger partial charge in [-0.3, -0.25) is 0 Å². The third-order valence-electron chi connectivity index (χ3n) is 3.43. The van der Waals surface area contributed by atoms with Crippen LogP contribution in [0.2, 0.25) is 0 Å². The Balaban J connectivity index is 2.21. The lowest BCUT2D eigenvalue weighted by atomic mass is 10.1. The number of aromatic nitrogens is 2. The molecule has 102 valence electrons. The van der Waals surface area contributed by atoms with Gasteiger partial charge in [0.2, 0.25) is 5.95 Å². The SMILES string of the molecule is CC(c1ccccc1)n1c(N)nc2cc(Br)c(F)cc21. The van der Waals surface area contributed by atoms with Crippen molar-refractivity contribution in [3.63, 3.8) is 0 Å². The standard InChI is InChI=1S/C15H13BrFN3/c1-9(10-5-3-2-4-6-10)20-14-8-12(17)11(16)7-13(14)19-15(20)18/h2-9H,1H3,(H2,18,19). The number of rotatable bonds is 2. The number of nitrogens with zero attached hydrogens (tertiary/aromatic N) is 2. The zero-order valence-corrected chi connectivity index (χ0v) is 12.4. The Bertz CT molecular complexity index is 768. The van der Waals surface area contributed by atoms with Gasteiger partial charge >= 0.3 is 0 Å². The molecular formula is C15H13BrFN3. The first-order valence-electron chi connectivity index (χ1n) is 6.25. The Morgan fingerprint density at radius 3 is 2.65 bits per heavy atom. The highest BCUT2D eigenvalue weighted by Gasteiger charge is 2.17. The van der Waals surface area contributed by atoms with Gasteiger partial charge in [-0.1, -0.05) is 30.3 Å². The smallest absolute Gasteiger partial charge is 0.201 e. The van der Waals surface area contributed by atoms with Crippen molar-refractivity contribution in [2.24, 2.45) is 0 Å². The lowest BCUT2D eigenvalue weighted by molar-refractivity contribution is 0.619. The molecule has 0 saturated carbocycles. The zero-order chi connectivity index (χ0) is 14.3. The molecule has 3 rings (SSSR count). The molecule has 20 heavy (non-hydrogen) atoms. The number of hydrogen-bond acceptors (Lipinski definition) is 2. The molecule has 1 atom stereocenters. The number of halogens is 2. The monoisotopic (exact) mass is 333 g/mol. The predicted octanol–water partition coefficient (Wildman–Crippen LogP) is 4.13. The molecule has 0 saturated heterocycles. The van der Waals surface area contributed by atoms with Crippen LogP contribution in [0.25, 0.3) is 11.0 Å². The Kier molecular flexibility index (Phi) is 3.22. The summed E-state index contributed by atoms with van der Waals surface area (Å²) in [5.41, 5.74) is 8.48. The summed E-state index contributed by atoms with van der Waals surface area (Å²) in [6, 6.07) is 13.0. The highest BCUT2D eigenvalue weighted by atomic mass is 79.9. The van der Waals surface area contributed by atoms with Gasteiger partial charge in [0.05, 0.1) is 21.5 Å². The van der Waals surface area contributed by atoms with E-state index in [9.17, 15) is 4.39 Å². The molecule has 2 aromatic carbocycles. The summed E-state index contributed by atoms with van der Waals surface area (Å²) in [6.07, 6.45) is 0. The number of anilines is 1. The van der Waals surface area contributed by atoms with E-state index >= 15 is 0 Å².